The van der Waals surface area contributed by atoms with Crippen molar-refractivity contribution >= 4 is 27.8 Å². The summed E-state index contributed by atoms with van der Waals surface area (Å²) in [5, 5.41) is 11.4. The van der Waals surface area contributed by atoms with Crippen LogP contribution in [0.5, 0.6) is 5.75 Å². The molecule has 23 heavy (non-hydrogen) atoms. The summed E-state index contributed by atoms with van der Waals surface area (Å²) >= 11 is 3.33. The average molecular weight is 382 g/mol. The van der Waals surface area contributed by atoms with Crippen molar-refractivity contribution in [2.45, 2.75) is 26.0 Å². The molecule has 0 radical (unpaired) electrons. The van der Waals surface area contributed by atoms with E-state index in [1.807, 2.05) is 12.1 Å². The zero-order chi connectivity index (χ0) is 17.0. The van der Waals surface area contributed by atoms with Crippen molar-refractivity contribution < 1.29 is 23.8 Å². The van der Waals surface area contributed by atoms with Crippen molar-refractivity contribution in [1.82, 2.24) is 5.32 Å². The normalized spacial score (nSPS) is 11.1. The molecule has 0 aliphatic heterocycles. The molecule has 6 nitrogen and oxygen atoms in total. The van der Waals surface area contributed by atoms with E-state index in [2.05, 4.69) is 21.2 Å². The van der Waals surface area contributed by atoms with Crippen molar-refractivity contribution in [3.8, 4) is 5.75 Å². The topological polar surface area (TPSA) is 88.8 Å². The Morgan fingerprint density at radius 2 is 1.87 bits per heavy atom. The lowest BCUT2D eigenvalue weighted by Crippen LogP contribution is -2.49. The van der Waals surface area contributed by atoms with Crippen molar-refractivity contribution in [3.63, 3.8) is 0 Å². The third-order valence-electron chi connectivity index (χ3n) is 3.04. The van der Waals surface area contributed by atoms with Crippen LogP contribution in [0.15, 0.2) is 45.3 Å². The minimum absolute atomic E-state index is 0.0359. The van der Waals surface area contributed by atoms with E-state index in [4.69, 9.17) is 14.3 Å². The van der Waals surface area contributed by atoms with Gasteiger partial charge in [0, 0.05) is 4.47 Å². The lowest BCUT2D eigenvalue weighted by molar-refractivity contribution is -0.143. The first-order chi connectivity index (χ1) is 10.8. The van der Waals surface area contributed by atoms with Gasteiger partial charge in [0.25, 0.3) is 5.91 Å². The van der Waals surface area contributed by atoms with Crippen LogP contribution < -0.4 is 10.1 Å². The maximum absolute atomic E-state index is 12.0. The highest BCUT2D eigenvalue weighted by molar-refractivity contribution is 9.10. The lowest BCUT2D eigenvalue weighted by Gasteiger charge is -2.19. The molecule has 0 fully saturated rings. The molecule has 1 aromatic carbocycles. The number of benzene rings is 1. The highest BCUT2D eigenvalue weighted by Gasteiger charge is 2.30. The van der Waals surface area contributed by atoms with Crippen molar-refractivity contribution in [2.75, 3.05) is 0 Å². The summed E-state index contributed by atoms with van der Waals surface area (Å²) in [7, 11) is 0. The molecule has 0 unspecified atom stereocenters. The zero-order valence-electron chi connectivity index (χ0n) is 12.6. The second kappa shape index (κ2) is 6.87. The van der Waals surface area contributed by atoms with E-state index in [0.717, 1.165) is 4.47 Å². The highest BCUT2D eigenvalue weighted by atomic mass is 79.9. The second-order valence-electron chi connectivity index (χ2n) is 5.39. The molecule has 0 bridgehead atoms. The van der Waals surface area contributed by atoms with Crippen molar-refractivity contribution in [2.24, 2.45) is 0 Å². The van der Waals surface area contributed by atoms with E-state index >= 15 is 0 Å². The number of carbonyl (C=O) groups excluding carboxylic acids is 1. The average Bonchev–Trinajstić information content (AvgIpc) is 2.95. The number of aliphatic carboxylic acids is 1. The van der Waals surface area contributed by atoms with Crippen LogP contribution in [-0.2, 0) is 11.4 Å². The number of carboxylic acid groups (broad SMARTS) is 1. The van der Waals surface area contributed by atoms with Crippen LogP contribution in [0.4, 0.5) is 0 Å². The Hall–Kier alpha value is -2.28. The number of furan rings is 1. The Morgan fingerprint density at radius 1 is 1.22 bits per heavy atom. The Balaban J connectivity index is 1.96. The molecule has 0 saturated heterocycles. The number of hydrogen-bond acceptors (Lipinski definition) is 4. The van der Waals surface area contributed by atoms with Gasteiger partial charge in [0.2, 0.25) is 0 Å². The summed E-state index contributed by atoms with van der Waals surface area (Å²) in [5.74, 6) is -0.550. The van der Waals surface area contributed by atoms with Crippen LogP contribution in [0.3, 0.4) is 0 Å². The van der Waals surface area contributed by atoms with Crippen LogP contribution in [0.2, 0.25) is 0 Å². The van der Waals surface area contributed by atoms with Crippen LogP contribution in [0, 0.1) is 0 Å². The monoisotopic (exact) mass is 381 g/mol. The molecule has 1 heterocycles. The molecule has 0 atom stereocenters. The minimum atomic E-state index is -1.38. The lowest BCUT2D eigenvalue weighted by atomic mass is 10.1. The summed E-state index contributed by atoms with van der Waals surface area (Å²) in [6.45, 7) is 2.96. The van der Waals surface area contributed by atoms with Gasteiger partial charge in [-0.25, -0.2) is 4.79 Å². The number of ether oxygens (including phenoxy) is 1. The van der Waals surface area contributed by atoms with E-state index in [1.165, 1.54) is 19.9 Å². The predicted octanol–water partition coefficient (Wildman–Crippen LogP) is 3.21. The first-order valence-electron chi connectivity index (χ1n) is 6.81. The number of halogens is 1. The molecule has 1 aromatic heterocycles. The summed E-state index contributed by atoms with van der Waals surface area (Å²) < 4.78 is 11.9. The number of carboxylic acids is 1. The van der Waals surface area contributed by atoms with Gasteiger partial charge in [-0.05, 0) is 50.2 Å². The molecule has 0 spiro atoms. The molecular weight excluding hydrogens is 366 g/mol. The molecule has 2 N–H and O–H groups in total. The van der Waals surface area contributed by atoms with Crippen molar-refractivity contribution in [1.29, 1.82) is 0 Å². The van der Waals surface area contributed by atoms with Gasteiger partial charge in [0.15, 0.2) is 5.76 Å². The molecule has 0 aliphatic carbocycles. The fourth-order valence-electron chi connectivity index (χ4n) is 1.66. The largest absolute Gasteiger partial charge is 0.486 e. The zero-order valence-corrected chi connectivity index (χ0v) is 14.2. The predicted molar refractivity (Wildman–Crippen MR) is 86.4 cm³/mol. The smallest absolute Gasteiger partial charge is 0.328 e. The number of rotatable bonds is 6. The van der Waals surface area contributed by atoms with Gasteiger partial charge in [-0.15, -0.1) is 0 Å². The van der Waals surface area contributed by atoms with Crippen molar-refractivity contribution in [3.05, 3.63) is 52.4 Å². The Bertz CT molecular complexity index is 706. The second-order valence-corrected chi connectivity index (χ2v) is 6.31. The van der Waals surface area contributed by atoms with Gasteiger partial charge in [0.1, 0.15) is 23.7 Å². The number of nitrogens with one attached hydrogen (secondary N) is 1. The summed E-state index contributed by atoms with van der Waals surface area (Å²) in [4.78, 5) is 23.0. The maximum Gasteiger partial charge on any atom is 0.328 e. The fraction of sp³-hybridized carbons (Fsp3) is 0.250. The SMILES string of the molecule is CC(C)(NC(=O)c1ccc(COc2ccc(Br)cc2)o1)C(=O)O. The van der Waals surface area contributed by atoms with E-state index in [9.17, 15) is 9.59 Å². The quantitative estimate of drug-likeness (QED) is 0.801. The minimum Gasteiger partial charge on any atom is -0.486 e. The first-order valence-corrected chi connectivity index (χ1v) is 7.60. The van der Waals surface area contributed by atoms with Gasteiger partial charge in [0.05, 0.1) is 0 Å². The summed E-state index contributed by atoms with van der Waals surface area (Å²) in [6, 6.07) is 10.4. The standard InChI is InChI=1S/C16H16BrNO5/c1-16(2,15(20)21)18-14(19)13-8-7-12(23-13)9-22-11-5-3-10(17)4-6-11/h3-8H,9H2,1-2H3,(H,18,19)(H,20,21). The van der Waals surface area contributed by atoms with Crippen LogP contribution in [-0.4, -0.2) is 22.5 Å². The Kier molecular flexibility index (Phi) is 5.10. The molecule has 122 valence electrons. The fourth-order valence-corrected chi connectivity index (χ4v) is 1.93. The summed E-state index contributed by atoms with van der Waals surface area (Å²) in [5.41, 5.74) is -1.38. The van der Waals surface area contributed by atoms with Gasteiger partial charge in [-0.1, -0.05) is 15.9 Å². The molecular formula is C16H16BrNO5. The van der Waals surface area contributed by atoms with Crippen LogP contribution >= 0.6 is 15.9 Å². The number of carbonyl (C=O) groups is 2. The van der Waals surface area contributed by atoms with E-state index in [1.54, 1.807) is 18.2 Å². The van der Waals surface area contributed by atoms with E-state index < -0.39 is 17.4 Å². The van der Waals surface area contributed by atoms with Gasteiger partial charge in [-0.3, -0.25) is 4.79 Å². The molecule has 0 saturated carbocycles. The third-order valence-corrected chi connectivity index (χ3v) is 3.57. The molecule has 1 amide bonds. The van der Waals surface area contributed by atoms with E-state index in [-0.39, 0.29) is 12.4 Å². The highest BCUT2D eigenvalue weighted by Crippen LogP contribution is 2.18. The van der Waals surface area contributed by atoms with Gasteiger partial charge >= 0.3 is 5.97 Å². The maximum atomic E-state index is 12.0. The number of hydrogen-bond donors (Lipinski definition) is 2. The Morgan fingerprint density at radius 3 is 2.48 bits per heavy atom. The van der Waals surface area contributed by atoms with Crippen LogP contribution in [0.25, 0.3) is 0 Å². The van der Waals surface area contributed by atoms with Crippen LogP contribution in [0.1, 0.15) is 30.2 Å². The molecule has 0 aliphatic rings. The van der Waals surface area contributed by atoms with Gasteiger partial charge < -0.3 is 19.6 Å². The number of amides is 1. The Labute approximate surface area is 141 Å². The summed E-state index contributed by atoms with van der Waals surface area (Å²) in [6.07, 6.45) is 0. The van der Waals surface area contributed by atoms with E-state index in [0.29, 0.717) is 11.5 Å². The molecule has 7 heteroatoms. The first kappa shape index (κ1) is 17.1. The van der Waals surface area contributed by atoms with Gasteiger partial charge in [-0.2, -0.15) is 0 Å². The molecule has 2 rings (SSSR count). The molecule has 2 aromatic rings. The third kappa shape index (κ3) is 4.59.